The predicted octanol–water partition coefficient (Wildman–Crippen LogP) is 4.62. The fraction of sp³-hybridized carbons (Fsp3) is 0.250. The number of amides is 1. The van der Waals surface area contributed by atoms with Gasteiger partial charge in [-0.1, -0.05) is 24.3 Å². The van der Waals surface area contributed by atoms with Gasteiger partial charge in [0, 0.05) is 24.6 Å². The Morgan fingerprint density at radius 3 is 2.69 bits per heavy atom. The van der Waals surface area contributed by atoms with Crippen LogP contribution >= 0.6 is 0 Å². The Balaban J connectivity index is 1.46. The highest BCUT2D eigenvalue weighted by atomic mass is 16.5. The average molecular weight is 489 g/mol. The van der Waals surface area contributed by atoms with Gasteiger partial charge in [0.25, 0.3) is 0 Å². The first kappa shape index (κ1) is 24.8. The van der Waals surface area contributed by atoms with E-state index < -0.39 is 12.0 Å². The third kappa shape index (κ3) is 5.49. The van der Waals surface area contributed by atoms with E-state index in [9.17, 15) is 19.8 Å². The Kier molecular flexibility index (Phi) is 7.53. The van der Waals surface area contributed by atoms with Crippen LogP contribution in [-0.4, -0.2) is 45.1 Å². The van der Waals surface area contributed by atoms with E-state index in [-0.39, 0.29) is 11.7 Å². The van der Waals surface area contributed by atoms with Crippen LogP contribution in [-0.2, 0) is 22.4 Å². The van der Waals surface area contributed by atoms with Crippen LogP contribution in [0, 0.1) is 6.92 Å². The van der Waals surface area contributed by atoms with Crippen LogP contribution in [0.3, 0.4) is 0 Å². The Bertz CT molecular complexity index is 1310. The molecule has 0 fully saturated rings. The molecule has 1 aliphatic rings. The average Bonchev–Trinajstić information content (AvgIpc) is 3.23. The summed E-state index contributed by atoms with van der Waals surface area (Å²) >= 11 is 0. The van der Waals surface area contributed by atoms with Gasteiger partial charge in [0.2, 0.25) is 11.8 Å². The fourth-order valence-corrected chi connectivity index (χ4v) is 4.18. The summed E-state index contributed by atoms with van der Waals surface area (Å²) in [6, 6.07) is 10.9. The molecule has 1 aromatic heterocycles. The zero-order valence-corrected chi connectivity index (χ0v) is 20.2. The number of allylic oxidation sites excluding steroid dienone is 3. The van der Waals surface area contributed by atoms with Gasteiger partial charge >= 0.3 is 5.97 Å². The minimum Gasteiger partial charge on any atom is -0.508 e. The van der Waals surface area contributed by atoms with Crippen molar-refractivity contribution in [1.29, 1.82) is 0 Å². The van der Waals surface area contributed by atoms with E-state index >= 15 is 0 Å². The van der Waals surface area contributed by atoms with E-state index in [0.29, 0.717) is 49.0 Å². The van der Waals surface area contributed by atoms with Gasteiger partial charge in [-0.15, -0.1) is 0 Å². The normalized spacial score (nSPS) is 15.4. The molecule has 1 amide bonds. The third-order valence-electron chi connectivity index (χ3n) is 6.02. The second-order valence-electron chi connectivity index (χ2n) is 8.44. The zero-order chi connectivity index (χ0) is 25.7. The third-order valence-corrected chi connectivity index (χ3v) is 6.02. The number of aromatic hydroxyl groups is 1. The molecule has 0 saturated carbocycles. The quantitative estimate of drug-likeness (QED) is 0.351. The monoisotopic (exact) mass is 488 g/mol. The van der Waals surface area contributed by atoms with E-state index in [2.05, 4.69) is 4.98 Å². The number of phenols is 1. The van der Waals surface area contributed by atoms with Crippen LogP contribution in [0.1, 0.15) is 35.5 Å². The van der Waals surface area contributed by atoms with Crippen molar-refractivity contribution in [2.45, 2.75) is 32.7 Å². The van der Waals surface area contributed by atoms with Crippen molar-refractivity contribution in [3.8, 4) is 23.0 Å². The number of rotatable bonds is 8. The SMILES string of the molecule is CC=CC=CC(=O)N1CCc2ccc(OCCc3nc(-c4ccc(O)cc4)oc3C)cc2C1C(=O)O. The van der Waals surface area contributed by atoms with Crippen LogP contribution < -0.4 is 4.74 Å². The van der Waals surface area contributed by atoms with Crippen LogP contribution in [0.15, 0.2) is 71.2 Å². The number of carbonyl (C=O) groups is 2. The number of hydrogen-bond acceptors (Lipinski definition) is 6. The largest absolute Gasteiger partial charge is 0.508 e. The van der Waals surface area contributed by atoms with Gasteiger partial charge < -0.3 is 24.3 Å². The number of aliphatic carboxylic acids is 1. The maximum atomic E-state index is 12.6. The lowest BCUT2D eigenvalue weighted by Crippen LogP contribution is -2.42. The van der Waals surface area contributed by atoms with Gasteiger partial charge in [-0.05, 0) is 67.8 Å². The van der Waals surface area contributed by atoms with Gasteiger partial charge in [0.05, 0.1) is 12.3 Å². The number of fused-ring (bicyclic) bond motifs is 1. The number of phenolic OH excluding ortho intramolecular Hbond substituents is 1. The van der Waals surface area contributed by atoms with Crippen LogP contribution in [0.5, 0.6) is 11.5 Å². The molecule has 186 valence electrons. The Morgan fingerprint density at radius 1 is 1.19 bits per heavy atom. The smallest absolute Gasteiger partial charge is 0.331 e. The lowest BCUT2D eigenvalue weighted by atomic mass is 9.92. The number of aryl methyl sites for hydroxylation is 1. The summed E-state index contributed by atoms with van der Waals surface area (Å²) in [4.78, 5) is 30.7. The second kappa shape index (κ2) is 10.9. The van der Waals surface area contributed by atoms with E-state index in [1.54, 1.807) is 48.6 Å². The number of nitrogens with zero attached hydrogens (tertiary/aromatic N) is 2. The zero-order valence-electron chi connectivity index (χ0n) is 20.2. The molecular formula is C28H28N2O6. The highest BCUT2D eigenvalue weighted by Gasteiger charge is 2.35. The van der Waals surface area contributed by atoms with E-state index in [0.717, 1.165) is 16.8 Å². The van der Waals surface area contributed by atoms with Gasteiger partial charge in [-0.25, -0.2) is 9.78 Å². The molecule has 1 unspecified atom stereocenters. The molecule has 1 atom stereocenters. The minimum absolute atomic E-state index is 0.170. The van der Waals surface area contributed by atoms with Crippen LogP contribution in [0.4, 0.5) is 0 Å². The Labute approximate surface area is 209 Å². The minimum atomic E-state index is -1.08. The molecule has 0 saturated heterocycles. The fourth-order valence-electron chi connectivity index (χ4n) is 4.18. The molecule has 0 bridgehead atoms. The van der Waals surface area contributed by atoms with E-state index in [1.807, 2.05) is 26.0 Å². The highest BCUT2D eigenvalue weighted by Crippen LogP contribution is 2.33. The van der Waals surface area contributed by atoms with Gasteiger partial charge in [0.15, 0.2) is 6.04 Å². The number of carboxylic acids is 1. The predicted molar refractivity (Wildman–Crippen MR) is 134 cm³/mol. The van der Waals surface area contributed by atoms with Crippen LogP contribution in [0.25, 0.3) is 11.5 Å². The molecule has 1 aliphatic heterocycles. The summed E-state index contributed by atoms with van der Waals surface area (Å²) in [7, 11) is 0. The number of carbonyl (C=O) groups excluding carboxylic acids is 1. The first-order chi connectivity index (χ1) is 17.4. The Morgan fingerprint density at radius 2 is 1.97 bits per heavy atom. The summed E-state index contributed by atoms with van der Waals surface area (Å²) < 4.78 is 11.7. The molecule has 3 aromatic rings. The van der Waals surface area contributed by atoms with Gasteiger partial charge in [-0.3, -0.25) is 4.79 Å². The van der Waals surface area contributed by atoms with Crippen molar-refractivity contribution in [1.82, 2.24) is 9.88 Å². The topological polar surface area (TPSA) is 113 Å². The van der Waals surface area contributed by atoms with Crippen molar-refractivity contribution in [3.63, 3.8) is 0 Å². The summed E-state index contributed by atoms with van der Waals surface area (Å²) in [6.45, 7) is 4.32. The molecule has 2 N–H and O–H groups in total. The van der Waals surface area contributed by atoms with Crippen molar-refractivity contribution in [2.75, 3.05) is 13.2 Å². The lowest BCUT2D eigenvalue weighted by molar-refractivity contribution is -0.149. The number of oxazole rings is 1. The van der Waals surface area contributed by atoms with E-state index in [4.69, 9.17) is 9.15 Å². The summed E-state index contributed by atoms with van der Waals surface area (Å²) in [5.41, 5.74) is 2.97. The molecule has 0 aliphatic carbocycles. The number of ether oxygens (including phenoxy) is 1. The molecule has 2 aromatic carbocycles. The second-order valence-corrected chi connectivity index (χ2v) is 8.44. The highest BCUT2D eigenvalue weighted by molar-refractivity contribution is 5.92. The number of hydrogen-bond donors (Lipinski definition) is 2. The molecule has 8 nitrogen and oxygen atoms in total. The van der Waals surface area contributed by atoms with E-state index in [1.165, 1.54) is 11.0 Å². The van der Waals surface area contributed by atoms with Gasteiger partial charge in [-0.2, -0.15) is 0 Å². The first-order valence-corrected chi connectivity index (χ1v) is 11.7. The first-order valence-electron chi connectivity index (χ1n) is 11.7. The number of benzene rings is 2. The molecule has 8 heteroatoms. The van der Waals surface area contributed by atoms with Crippen molar-refractivity contribution in [3.05, 3.63) is 89.3 Å². The summed E-state index contributed by atoms with van der Waals surface area (Å²) in [5, 5.41) is 19.4. The molecule has 4 rings (SSSR count). The van der Waals surface area contributed by atoms with Gasteiger partial charge in [0.1, 0.15) is 17.3 Å². The maximum absolute atomic E-state index is 12.6. The summed E-state index contributed by atoms with van der Waals surface area (Å²) in [6.07, 6.45) is 7.57. The molecule has 0 spiro atoms. The van der Waals surface area contributed by atoms with Crippen molar-refractivity contribution >= 4 is 11.9 Å². The number of aromatic nitrogens is 1. The molecule has 2 heterocycles. The number of carboxylic acid groups (broad SMARTS) is 1. The van der Waals surface area contributed by atoms with Crippen LogP contribution in [0.2, 0.25) is 0 Å². The van der Waals surface area contributed by atoms with Crippen molar-refractivity contribution in [2.24, 2.45) is 0 Å². The molecule has 0 radical (unpaired) electrons. The van der Waals surface area contributed by atoms with Crippen molar-refractivity contribution < 1.29 is 29.0 Å². The summed E-state index contributed by atoms with van der Waals surface area (Å²) in [5.74, 6) is 0.415. The standard InChI is InChI=1S/C28H28N2O6/c1-3-4-5-6-25(32)30-15-13-19-9-12-22(17-23(19)26(30)28(33)34)35-16-14-24-18(2)36-27(29-24)20-7-10-21(31)11-8-20/h3-12,17,26,31H,13-16H2,1-2H3,(H,33,34). The molecule has 36 heavy (non-hydrogen) atoms. The lowest BCUT2D eigenvalue weighted by Gasteiger charge is -2.34. The maximum Gasteiger partial charge on any atom is 0.331 e. The Hall–Kier alpha value is -4.33. The molecular weight excluding hydrogens is 460 g/mol.